The number of hydrogen-bond acceptors (Lipinski definition) is 7. The number of nitrogens with zero attached hydrogens (tertiary/aromatic N) is 5. The molecule has 2 aromatic rings. The van der Waals surface area contributed by atoms with Gasteiger partial charge in [-0.15, -0.1) is 0 Å². The summed E-state index contributed by atoms with van der Waals surface area (Å²) >= 11 is 0. The van der Waals surface area contributed by atoms with E-state index in [1.807, 2.05) is 17.0 Å². The molecule has 3 heterocycles. The number of para-hydroxylation sites is 1. The van der Waals surface area contributed by atoms with E-state index < -0.39 is 0 Å². The van der Waals surface area contributed by atoms with Crippen molar-refractivity contribution in [2.75, 3.05) is 44.2 Å². The second-order valence-electron chi connectivity index (χ2n) is 12.3. The fourth-order valence-corrected chi connectivity index (χ4v) is 7.06. The number of nitrogens with one attached hydrogen (secondary N) is 2. The molecule has 1 saturated carbocycles. The maximum absolute atomic E-state index is 14.1. The van der Waals surface area contributed by atoms with E-state index in [9.17, 15) is 14.0 Å². The molecule has 3 aliphatic heterocycles. The molecule has 4 aliphatic rings. The minimum absolute atomic E-state index is 0.0250. The summed E-state index contributed by atoms with van der Waals surface area (Å²) in [6.07, 6.45) is 5.56. The standard InChI is InChI=1S/C33H44FN7O2/c1-24-11-13-25(14-12-24)23-40-32(43)26-7-2-4-9-28(26)41-30(36-37-33(40)41)15-16-31(42)35-17-6-18-38-19-21-39(22-20-38)29-10-5-3-8-27(29)34/h3,5,8,10-14,26,28,33,37H,2,4,6-7,9,15-23H2,1H3,(H,35,42). The third kappa shape index (κ3) is 6.64. The number of amidine groups is 1. The van der Waals surface area contributed by atoms with Gasteiger partial charge in [-0.2, -0.15) is 5.10 Å². The summed E-state index contributed by atoms with van der Waals surface area (Å²) in [5.74, 6) is 0.928. The Morgan fingerprint density at radius 1 is 1.05 bits per heavy atom. The zero-order valence-corrected chi connectivity index (χ0v) is 25.2. The lowest BCUT2D eigenvalue weighted by atomic mass is 9.80. The topological polar surface area (TPSA) is 83.5 Å². The van der Waals surface area contributed by atoms with Crippen LogP contribution >= 0.6 is 0 Å². The first-order valence-corrected chi connectivity index (χ1v) is 15.9. The van der Waals surface area contributed by atoms with Crippen LogP contribution in [0.3, 0.4) is 0 Å². The van der Waals surface area contributed by atoms with Gasteiger partial charge in [-0.3, -0.25) is 24.8 Å². The number of anilines is 1. The molecule has 230 valence electrons. The van der Waals surface area contributed by atoms with Crippen molar-refractivity contribution in [2.45, 2.75) is 70.7 Å². The van der Waals surface area contributed by atoms with Crippen LogP contribution in [0.4, 0.5) is 10.1 Å². The smallest absolute Gasteiger partial charge is 0.231 e. The van der Waals surface area contributed by atoms with Crippen molar-refractivity contribution >= 4 is 23.3 Å². The van der Waals surface area contributed by atoms with Crippen LogP contribution in [0.1, 0.15) is 56.1 Å². The number of halogens is 1. The molecule has 9 nitrogen and oxygen atoms in total. The predicted octanol–water partition coefficient (Wildman–Crippen LogP) is 3.65. The van der Waals surface area contributed by atoms with Crippen molar-refractivity contribution in [1.82, 2.24) is 25.4 Å². The van der Waals surface area contributed by atoms with Gasteiger partial charge < -0.3 is 15.1 Å². The summed E-state index contributed by atoms with van der Waals surface area (Å²) in [5.41, 5.74) is 6.22. The van der Waals surface area contributed by atoms with E-state index in [4.69, 9.17) is 0 Å². The molecule has 0 radical (unpaired) electrons. The van der Waals surface area contributed by atoms with E-state index >= 15 is 0 Å². The number of hydrazone groups is 1. The Bertz CT molecular complexity index is 1310. The van der Waals surface area contributed by atoms with Crippen LogP contribution in [0.5, 0.6) is 0 Å². The number of piperazine rings is 1. The van der Waals surface area contributed by atoms with Crippen molar-refractivity contribution in [1.29, 1.82) is 0 Å². The highest BCUT2D eigenvalue weighted by Gasteiger charge is 2.50. The first-order valence-electron chi connectivity index (χ1n) is 15.9. The van der Waals surface area contributed by atoms with Crippen LogP contribution in [0.15, 0.2) is 53.6 Å². The third-order valence-corrected chi connectivity index (χ3v) is 9.44. The average Bonchev–Trinajstić information content (AvgIpc) is 3.46. The molecule has 10 heteroatoms. The largest absolute Gasteiger partial charge is 0.367 e. The van der Waals surface area contributed by atoms with Crippen LogP contribution in [-0.2, 0) is 16.1 Å². The Morgan fingerprint density at radius 3 is 2.60 bits per heavy atom. The van der Waals surface area contributed by atoms with Gasteiger partial charge in [0.05, 0.1) is 11.6 Å². The maximum atomic E-state index is 14.1. The van der Waals surface area contributed by atoms with Gasteiger partial charge in [-0.1, -0.05) is 54.8 Å². The molecule has 43 heavy (non-hydrogen) atoms. The van der Waals surface area contributed by atoms with Gasteiger partial charge in [-0.25, -0.2) is 4.39 Å². The molecular weight excluding hydrogens is 545 g/mol. The van der Waals surface area contributed by atoms with Gasteiger partial charge >= 0.3 is 0 Å². The highest BCUT2D eigenvalue weighted by Crippen LogP contribution is 2.38. The average molecular weight is 590 g/mol. The van der Waals surface area contributed by atoms with Gasteiger partial charge in [0.2, 0.25) is 11.8 Å². The first kappa shape index (κ1) is 29.4. The fraction of sp³-hybridized carbons (Fsp3) is 0.545. The summed E-state index contributed by atoms with van der Waals surface area (Å²) < 4.78 is 14.1. The van der Waals surface area contributed by atoms with Gasteiger partial charge in [0.25, 0.3) is 0 Å². The van der Waals surface area contributed by atoms with Gasteiger partial charge in [0.1, 0.15) is 11.7 Å². The molecule has 6 rings (SSSR count). The van der Waals surface area contributed by atoms with Gasteiger partial charge in [0, 0.05) is 58.2 Å². The third-order valence-electron chi connectivity index (χ3n) is 9.44. The molecule has 3 fully saturated rings. The van der Waals surface area contributed by atoms with E-state index in [0.29, 0.717) is 31.6 Å². The molecule has 2 amide bonds. The van der Waals surface area contributed by atoms with E-state index in [2.05, 4.69) is 61.7 Å². The second kappa shape index (κ2) is 13.3. The molecule has 2 aromatic carbocycles. The van der Waals surface area contributed by atoms with Crippen LogP contribution in [0, 0.1) is 18.7 Å². The fourth-order valence-electron chi connectivity index (χ4n) is 7.06. The lowest BCUT2D eigenvalue weighted by Crippen LogP contribution is -2.67. The van der Waals surface area contributed by atoms with Crippen molar-refractivity contribution < 1.29 is 14.0 Å². The minimum atomic E-state index is -0.301. The highest BCUT2D eigenvalue weighted by atomic mass is 19.1. The molecule has 1 aliphatic carbocycles. The van der Waals surface area contributed by atoms with Gasteiger partial charge in [-0.05, 0) is 50.4 Å². The Morgan fingerprint density at radius 2 is 1.81 bits per heavy atom. The van der Waals surface area contributed by atoms with Crippen LogP contribution in [0.25, 0.3) is 0 Å². The van der Waals surface area contributed by atoms with E-state index in [0.717, 1.165) is 76.2 Å². The molecular formula is C33H44FN7O2. The number of carbonyl (C=O) groups excluding carboxylic acids is 2. The van der Waals surface area contributed by atoms with Crippen LogP contribution < -0.4 is 15.6 Å². The monoisotopic (exact) mass is 589 g/mol. The Balaban J connectivity index is 0.959. The minimum Gasteiger partial charge on any atom is -0.367 e. The van der Waals surface area contributed by atoms with E-state index in [1.54, 1.807) is 6.07 Å². The lowest BCUT2D eigenvalue weighted by molar-refractivity contribution is -0.156. The zero-order valence-electron chi connectivity index (χ0n) is 25.2. The van der Waals surface area contributed by atoms with Crippen molar-refractivity contribution in [2.24, 2.45) is 11.0 Å². The summed E-state index contributed by atoms with van der Waals surface area (Å²) in [4.78, 5) is 35.1. The lowest BCUT2D eigenvalue weighted by Gasteiger charge is -2.50. The second-order valence-corrected chi connectivity index (χ2v) is 12.3. The number of benzene rings is 2. The molecule has 0 spiro atoms. The van der Waals surface area contributed by atoms with Crippen molar-refractivity contribution in [3.05, 3.63) is 65.5 Å². The Labute approximate surface area is 254 Å². The first-order chi connectivity index (χ1) is 21.0. The molecule has 2 saturated heterocycles. The highest BCUT2D eigenvalue weighted by molar-refractivity contribution is 5.91. The van der Waals surface area contributed by atoms with E-state index in [1.165, 1.54) is 11.6 Å². The normalized spacial score (nSPS) is 23.9. The summed E-state index contributed by atoms with van der Waals surface area (Å²) in [5, 5.41) is 7.74. The Hall–Kier alpha value is -3.66. The summed E-state index contributed by atoms with van der Waals surface area (Å²) in [7, 11) is 0. The number of aryl methyl sites for hydroxylation is 1. The zero-order chi connectivity index (χ0) is 29.8. The summed E-state index contributed by atoms with van der Waals surface area (Å²) in [6, 6.07) is 15.4. The number of hydrogen-bond donors (Lipinski definition) is 2. The SMILES string of the molecule is Cc1ccc(CN2C(=O)C3CCCCC3N3C(CCC(=O)NCCCN4CCN(c5ccccc5F)CC4)=NNC23)cc1. The van der Waals surface area contributed by atoms with Crippen molar-refractivity contribution in [3.63, 3.8) is 0 Å². The number of carbonyl (C=O) groups is 2. The van der Waals surface area contributed by atoms with Crippen LogP contribution in [0.2, 0.25) is 0 Å². The number of fused-ring (bicyclic) bond motifs is 3. The van der Waals surface area contributed by atoms with Gasteiger partial charge in [0.15, 0.2) is 6.29 Å². The molecule has 2 N–H and O–H groups in total. The molecule has 0 bridgehead atoms. The molecule has 0 aromatic heterocycles. The predicted molar refractivity (Wildman–Crippen MR) is 166 cm³/mol. The number of rotatable bonds is 10. The van der Waals surface area contributed by atoms with Crippen molar-refractivity contribution in [3.8, 4) is 0 Å². The molecule has 3 atom stereocenters. The molecule has 3 unspecified atom stereocenters. The maximum Gasteiger partial charge on any atom is 0.231 e. The van der Waals surface area contributed by atoms with Crippen LogP contribution in [-0.4, -0.2) is 83.9 Å². The number of amides is 2. The Kier molecular flexibility index (Phi) is 9.11. The van der Waals surface area contributed by atoms with E-state index in [-0.39, 0.29) is 35.9 Å². The summed E-state index contributed by atoms with van der Waals surface area (Å²) in [6.45, 7) is 7.52. The quantitative estimate of drug-likeness (QED) is 0.412.